The van der Waals surface area contributed by atoms with E-state index in [9.17, 15) is 0 Å². The van der Waals surface area contributed by atoms with Gasteiger partial charge in [0.05, 0.1) is 19.8 Å². The summed E-state index contributed by atoms with van der Waals surface area (Å²) in [4.78, 5) is 2.29. The molecule has 0 radical (unpaired) electrons. The van der Waals surface area contributed by atoms with Gasteiger partial charge in [0.15, 0.2) is 6.33 Å². The molecule has 0 unspecified atom stereocenters. The van der Waals surface area contributed by atoms with Crippen LogP contribution < -0.4 is 9.47 Å². The molecule has 20 heavy (non-hydrogen) atoms. The van der Waals surface area contributed by atoms with E-state index in [1.807, 2.05) is 37.1 Å². The summed E-state index contributed by atoms with van der Waals surface area (Å²) in [5, 5.41) is 12.6. The van der Waals surface area contributed by atoms with Gasteiger partial charge < -0.3 is 4.90 Å². The van der Waals surface area contributed by atoms with Crippen LogP contribution in [0.3, 0.4) is 0 Å². The predicted molar refractivity (Wildman–Crippen MR) is 78.6 cm³/mol. The maximum absolute atomic E-state index is 4.21. The minimum atomic E-state index is 0.584. The van der Waals surface area contributed by atoms with Gasteiger partial charge in [0, 0.05) is 29.0 Å². The Bertz CT molecular complexity index is 580. The molecule has 0 N–H and O–H groups in total. The fraction of sp³-hybridized carbons (Fsp3) is 0.429. The molecule has 0 aliphatic rings. The van der Waals surface area contributed by atoms with Gasteiger partial charge >= 0.3 is 5.95 Å². The molecule has 6 heteroatoms. The zero-order chi connectivity index (χ0) is 14.5. The van der Waals surface area contributed by atoms with E-state index in [-0.39, 0.29) is 0 Å². The Balaban J connectivity index is 2.13. The average Bonchev–Trinajstić information content (AvgIpc) is 2.77. The van der Waals surface area contributed by atoms with Crippen molar-refractivity contribution in [3.05, 3.63) is 30.6 Å². The molecule has 1 aromatic carbocycles. The zero-order valence-corrected chi connectivity index (χ0v) is 12.5. The summed E-state index contributed by atoms with van der Waals surface area (Å²) in [6.45, 7) is 6.30. The van der Waals surface area contributed by atoms with Crippen molar-refractivity contribution in [1.82, 2.24) is 9.78 Å². The molecule has 106 valence electrons. The van der Waals surface area contributed by atoms with Crippen molar-refractivity contribution in [3.63, 3.8) is 0 Å². The molecule has 1 aromatic heterocycles. The van der Waals surface area contributed by atoms with Gasteiger partial charge in [-0.25, -0.2) is 4.57 Å². The molecule has 0 atom stereocenters. The van der Waals surface area contributed by atoms with E-state index in [1.54, 1.807) is 4.68 Å². The highest BCUT2D eigenvalue weighted by Crippen LogP contribution is 2.20. The van der Waals surface area contributed by atoms with E-state index in [1.165, 1.54) is 5.69 Å². The number of aromatic nitrogens is 3. The zero-order valence-electron chi connectivity index (χ0n) is 12.5. The van der Waals surface area contributed by atoms with Crippen LogP contribution in [0.2, 0.25) is 0 Å². The summed E-state index contributed by atoms with van der Waals surface area (Å²) in [5.41, 5.74) is 2.03. The molecule has 6 nitrogen and oxygen atoms in total. The van der Waals surface area contributed by atoms with Crippen molar-refractivity contribution in [1.29, 1.82) is 0 Å². The van der Waals surface area contributed by atoms with Crippen molar-refractivity contribution >= 4 is 17.3 Å². The highest BCUT2D eigenvalue weighted by Gasteiger charge is 2.10. The van der Waals surface area contributed by atoms with E-state index < -0.39 is 0 Å². The molecule has 0 bridgehead atoms. The molecule has 1 heterocycles. The summed E-state index contributed by atoms with van der Waals surface area (Å²) >= 11 is 0. The Morgan fingerprint density at radius 2 is 1.80 bits per heavy atom. The van der Waals surface area contributed by atoms with E-state index >= 15 is 0 Å². The summed E-state index contributed by atoms with van der Waals surface area (Å²) < 4.78 is 3.53. The third-order valence-electron chi connectivity index (χ3n) is 3.14. The van der Waals surface area contributed by atoms with Crippen LogP contribution in [0.25, 0.3) is 0 Å². The Morgan fingerprint density at radius 1 is 1.15 bits per heavy atom. The summed E-state index contributed by atoms with van der Waals surface area (Å²) in [7, 11) is 3.75. The third-order valence-corrected chi connectivity index (χ3v) is 3.14. The Kier molecular flexibility index (Phi) is 4.45. The van der Waals surface area contributed by atoms with E-state index in [0.717, 1.165) is 18.8 Å². The molecule has 0 spiro atoms. The van der Waals surface area contributed by atoms with Crippen LogP contribution in [-0.2, 0) is 14.1 Å². The molecule has 0 aliphatic heterocycles. The molecule has 0 fully saturated rings. The number of azo groups is 1. The Morgan fingerprint density at radius 3 is 2.30 bits per heavy atom. The van der Waals surface area contributed by atoms with Gasteiger partial charge in [-0.3, -0.25) is 0 Å². The Labute approximate surface area is 119 Å². The molecular weight excluding hydrogens is 252 g/mol. The summed E-state index contributed by atoms with van der Waals surface area (Å²) in [6, 6.07) is 8.08. The van der Waals surface area contributed by atoms with E-state index in [2.05, 4.69) is 46.2 Å². The fourth-order valence-corrected chi connectivity index (χ4v) is 2.05. The molecule has 0 saturated carbocycles. The standard InChI is InChI=1S/C14H21N6/c1-5-20(6-2)13-9-7-12(8-10-13)15-16-14-17-19(4)11-18(14)3/h7-11H,5-6H2,1-4H3/q+1. The van der Waals surface area contributed by atoms with Crippen LogP contribution in [-0.4, -0.2) is 22.9 Å². The third kappa shape index (κ3) is 3.20. The van der Waals surface area contributed by atoms with Crippen molar-refractivity contribution in [3.8, 4) is 0 Å². The minimum absolute atomic E-state index is 0.584. The van der Waals surface area contributed by atoms with Crippen LogP contribution in [0.5, 0.6) is 0 Å². The predicted octanol–water partition coefficient (Wildman–Crippen LogP) is 2.51. The molecule has 0 aliphatic carbocycles. The SMILES string of the molecule is CCN(CC)c1ccc(N=Nc2nn(C)c[n+]2C)cc1. The lowest BCUT2D eigenvalue weighted by atomic mass is 10.2. The molecule has 2 rings (SSSR count). The van der Waals surface area contributed by atoms with E-state index in [4.69, 9.17) is 0 Å². The first-order chi connectivity index (χ1) is 9.63. The van der Waals surface area contributed by atoms with Crippen LogP contribution in [0.1, 0.15) is 13.8 Å². The average molecular weight is 273 g/mol. The van der Waals surface area contributed by atoms with Gasteiger partial charge in [-0.15, -0.1) is 4.68 Å². The van der Waals surface area contributed by atoms with Crippen LogP contribution in [0.15, 0.2) is 40.8 Å². The monoisotopic (exact) mass is 273 g/mol. The minimum Gasteiger partial charge on any atom is -0.372 e. The lowest BCUT2D eigenvalue weighted by molar-refractivity contribution is -0.659. The number of rotatable bonds is 5. The maximum Gasteiger partial charge on any atom is 0.435 e. The highest BCUT2D eigenvalue weighted by molar-refractivity contribution is 5.52. The second kappa shape index (κ2) is 6.27. The van der Waals surface area contributed by atoms with Crippen molar-refractivity contribution < 1.29 is 4.57 Å². The van der Waals surface area contributed by atoms with Crippen molar-refractivity contribution in [2.45, 2.75) is 13.8 Å². The maximum atomic E-state index is 4.21. The summed E-state index contributed by atoms with van der Waals surface area (Å²) in [5.74, 6) is 0.584. The highest BCUT2D eigenvalue weighted by atomic mass is 15.4. The van der Waals surface area contributed by atoms with Gasteiger partial charge in [0.25, 0.3) is 0 Å². The van der Waals surface area contributed by atoms with Gasteiger partial charge in [0.2, 0.25) is 0 Å². The first kappa shape index (κ1) is 14.2. The van der Waals surface area contributed by atoms with Crippen LogP contribution >= 0.6 is 0 Å². The number of hydrogen-bond donors (Lipinski definition) is 0. The van der Waals surface area contributed by atoms with Gasteiger partial charge in [0.1, 0.15) is 0 Å². The molecule has 2 aromatic rings. The Hall–Kier alpha value is -2.24. The van der Waals surface area contributed by atoms with Crippen LogP contribution in [0.4, 0.5) is 17.3 Å². The molecular formula is C14H21N6+. The largest absolute Gasteiger partial charge is 0.435 e. The number of hydrogen-bond acceptors (Lipinski definition) is 4. The van der Waals surface area contributed by atoms with Gasteiger partial charge in [-0.2, -0.15) is 0 Å². The normalized spacial score (nSPS) is 11.2. The summed E-state index contributed by atoms with van der Waals surface area (Å²) in [6.07, 6.45) is 1.85. The van der Waals surface area contributed by atoms with Crippen molar-refractivity contribution in [2.75, 3.05) is 18.0 Å². The second-order valence-electron chi connectivity index (χ2n) is 4.59. The van der Waals surface area contributed by atoms with Crippen LogP contribution in [0, 0.1) is 0 Å². The first-order valence-electron chi connectivity index (χ1n) is 6.80. The lowest BCUT2D eigenvalue weighted by Crippen LogP contribution is -2.24. The van der Waals surface area contributed by atoms with E-state index in [0.29, 0.717) is 5.95 Å². The molecule has 0 amide bonds. The van der Waals surface area contributed by atoms with Gasteiger partial charge in [-0.05, 0) is 38.1 Å². The fourth-order valence-electron chi connectivity index (χ4n) is 2.05. The number of benzene rings is 1. The lowest BCUT2D eigenvalue weighted by Gasteiger charge is -2.20. The second-order valence-corrected chi connectivity index (χ2v) is 4.59. The smallest absolute Gasteiger partial charge is 0.372 e. The number of aryl methyl sites for hydroxylation is 2. The molecule has 0 saturated heterocycles. The van der Waals surface area contributed by atoms with Gasteiger partial charge in [-0.1, -0.05) is 5.11 Å². The number of nitrogens with zero attached hydrogens (tertiary/aromatic N) is 6. The first-order valence-corrected chi connectivity index (χ1v) is 6.80. The van der Waals surface area contributed by atoms with Crippen molar-refractivity contribution in [2.24, 2.45) is 24.3 Å². The topological polar surface area (TPSA) is 49.7 Å². The number of anilines is 1. The quantitative estimate of drug-likeness (QED) is 0.621.